The number of pyridine rings is 2. The number of piperidine rings is 1. The Hall–Kier alpha value is -4.18. The predicted molar refractivity (Wildman–Crippen MR) is 139 cm³/mol. The molecular weight excluding hydrogens is 474 g/mol. The number of amides is 2. The second kappa shape index (κ2) is 10.1. The summed E-state index contributed by atoms with van der Waals surface area (Å²) in [6, 6.07) is 11.2. The van der Waals surface area contributed by atoms with E-state index in [4.69, 9.17) is 9.84 Å². The summed E-state index contributed by atoms with van der Waals surface area (Å²) in [5.41, 5.74) is 2.36. The lowest BCUT2D eigenvalue weighted by molar-refractivity contribution is -0.135. The van der Waals surface area contributed by atoms with Crippen molar-refractivity contribution in [1.29, 1.82) is 0 Å². The van der Waals surface area contributed by atoms with Crippen LogP contribution in [0.25, 0.3) is 21.8 Å². The molecule has 5 rings (SSSR count). The first-order valence-corrected chi connectivity index (χ1v) is 12.2. The van der Waals surface area contributed by atoms with Crippen molar-refractivity contribution >= 4 is 33.6 Å². The molecule has 3 aromatic heterocycles. The second-order valence-electron chi connectivity index (χ2n) is 9.22. The first-order valence-electron chi connectivity index (χ1n) is 12.2. The number of aliphatic hydroxyl groups is 1. The molecule has 1 aliphatic rings. The van der Waals surface area contributed by atoms with Crippen LogP contribution in [0.2, 0.25) is 0 Å². The Morgan fingerprint density at radius 1 is 1.14 bits per heavy atom. The summed E-state index contributed by atoms with van der Waals surface area (Å²) in [6.45, 7) is 0.751. The van der Waals surface area contributed by atoms with Crippen LogP contribution in [0, 0.1) is 0 Å². The Balaban J connectivity index is 1.57. The van der Waals surface area contributed by atoms with Gasteiger partial charge in [-0.2, -0.15) is 0 Å². The molecule has 1 aliphatic heterocycles. The van der Waals surface area contributed by atoms with Crippen LogP contribution < -0.4 is 15.6 Å². The molecule has 0 spiro atoms. The number of carbonyl (C=O) groups is 2. The number of aromatic nitrogens is 3. The van der Waals surface area contributed by atoms with E-state index in [0.29, 0.717) is 43.4 Å². The lowest BCUT2D eigenvalue weighted by Gasteiger charge is -2.32. The zero-order valence-corrected chi connectivity index (χ0v) is 20.8. The zero-order valence-electron chi connectivity index (χ0n) is 20.8. The summed E-state index contributed by atoms with van der Waals surface area (Å²) in [5, 5.41) is 13.3. The molecule has 1 aromatic carbocycles. The first kappa shape index (κ1) is 24.5. The van der Waals surface area contributed by atoms with Crippen LogP contribution >= 0.6 is 0 Å². The number of rotatable bonds is 6. The van der Waals surface area contributed by atoms with Crippen LogP contribution in [-0.2, 0) is 18.4 Å². The number of benzene rings is 1. The van der Waals surface area contributed by atoms with Crippen molar-refractivity contribution in [3.05, 3.63) is 70.4 Å². The van der Waals surface area contributed by atoms with Gasteiger partial charge in [0.2, 0.25) is 5.91 Å². The van der Waals surface area contributed by atoms with Crippen molar-refractivity contribution in [2.75, 3.05) is 26.8 Å². The number of hydrogen-bond donors (Lipinski definition) is 2. The molecule has 0 saturated carbocycles. The minimum Gasteiger partial charge on any atom is -0.493 e. The van der Waals surface area contributed by atoms with Gasteiger partial charge in [-0.3, -0.25) is 19.4 Å². The molecule has 0 aliphatic carbocycles. The molecular formula is C27H29N5O5. The third-order valence-corrected chi connectivity index (χ3v) is 7.09. The maximum atomic E-state index is 13.9. The van der Waals surface area contributed by atoms with Crippen molar-refractivity contribution in [2.24, 2.45) is 7.05 Å². The van der Waals surface area contributed by atoms with Gasteiger partial charge in [0.15, 0.2) is 11.4 Å². The van der Waals surface area contributed by atoms with Crippen LogP contribution in [-0.4, -0.2) is 68.8 Å². The van der Waals surface area contributed by atoms with Gasteiger partial charge < -0.3 is 29.2 Å². The number of methoxy groups -OCH3 is 1. The smallest absolute Gasteiger partial charge is 0.272 e. The fourth-order valence-corrected chi connectivity index (χ4v) is 5.23. The van der Waals surface area contributed by atoms with Gasteiger partial charge in [0.05, 0.1) is 24.7 Å². The summed E-state index contributed by atoms with van der Waals surface area (Å²) >= 11 is 0. The number of nitrogens with one attached hydrogen (secondary N) is 1. The van der Waals surface area contributed by atoms with Gasteiger partial charge >= 0.3 is 0 Å². The minimum atomic E-state index is -0.517. The third kappa shape index (κ3) is 4.33. The van der Waals surface area contributed by atoms with E-state index in [1.54, 1.807) is 33.5 Å². The highest BCUT2D eigenvalue weighted by atomic mass is 16.5. The molecule has 10 heteroatoms. The quantitative estimate of drug-likeness (QED) is 0.413. The second-order valence-corrected chi connectivity index (χ2v) is 9.22. The van der Waals surface area contributed by atoms with E-state index in [2.05, 4.69) is 10.3 Å². The van der Waals surface area contributed by atoms with Crippen LogP contribution in [0.3, 0.4) is 0 Å². The molecule has 1 saturated heterocycles. The van der Waals surface area contributed by atoms with Gasteiger partial charge in [-0.05, 0) is 36.6 Å². The average Bonchev–Trinajstić information content (AvgIpc) is 3.24. The maximum Gasteiger partial charge on any atom is 0.272 e. The lowest BCUT2D eigenvalue weighted by Crippen LogP contribution is -2.47. The Labute approximate surface area is 213 Å². The molecule has 4 heterocycles. The highest BCUT2D eigenvalue weighted by Crippen LogP contribution is 2.35. The summed E-state index contributed by atoms with van der Waals surface area (Å²) in [7, 11) is 3.23. The van der Waals surface area contributed by atoms with Gasteiger partial charge in [-0.25, -0.2) is 0 Å². The molecule has 37 heavy (non-hydrogen) atoms. The maximum absolute atomic E-state index is 13.9. The van der Waals surface area contributed by atoms with Crippen molar-refractivity contribution in [3.8, 4) is 5.75 Å². The van der Waals surface area contributed by atoms with Crippen molar-refractivity contribution in [1.82, 2.24) is 24.3 Å². The number of hydrogen-bond acceptors (Lipinski definition) is 6. The molecule has 0 atom stereocenters. The van der Waals surface area contributed by atoms with E-state index < -0.39 is 6.61 Å². The van der Waals surface area contributed by atoms with Gasteiger partial charge in [0.1, 0.15) is 12.0 Å². The standard InChI is InChI=1S/C27H29N5O5/c1-30-23-19-5-3-4-6-20(19)32(15-17-7-11-28-12-8-17)27(36)22(23)25(37-2)24(30)26(35)29-18-9-13-31(14-10-18)21(34)16-33/h3-8,11-12,18,33H,9-10,13-16H2,1-2H3,(H,29,35). The number of carbonyl (C=O) groups excluding carboxylic acids is 2. The monoisotopic (exact) mass is 503 g/mol. The highest BCUT2D eigenvalue weighted by Gasteiger charge is 2.30. The van der Waals surface area contributed by atoms with E-state index in [1.165, 1.54) is 7.11 Å². The molecule has 0 unspecified atom stereocenters. The zero-order chi connectivity index (χ0) is 26.1. The van der Waals surface area contributed by atoms with E-state index in [9.17, 15) is 14.4 Å². The molecule has 0 radical (unpaired) electrons. The Morgan fingerprint density at radius 2 is 1.84 bits per heavy atom. The van der Waals surface area contributed by atoms with Crippen LogP contribution in [0.15, 0.2) is 53.6 Å². The summed E-state index contributed by atoms with van der Waals surface area (Å²) < 4.78 is 9.13. The van der Waals surface area contributed by atoms with Crippen molar-refractivity contribution in [3.63, 3.8) is 0 Å². The summed E-state index contributed by atoms with van der Waals surface area (Å²) in [4.78, 5) is 44.8. The number of aliphatic hydroxyl groups excluding tert-OH is 1. The summed E-state index contributed by atoms with van der Waals surface area (Å²) in [5.74, 6) is -0.413. The van der Waals surface area contributed by atoms with Gasteiger partial charge in [0, 0.05) is 44.0 Å². The van der Waals surface area contributed by atoms with Crippen LogP contribution in [0.4, 0.5) is 0 Å². The van der Waals surface area contributed by atoms with E-state index >= 15 is 0 Å². The Morgan fingerprint density at radius 3 is 2.51 bits per heavy atom. The highest BCUT2D eigenvalue weighted by molar-refractivity contribution is 6.12. The van der Waals surface area contributed by atoms with Gasteiger partial charge in [-0.15, -0.1) is 0 Å². The third-order valence-electron chi connectivity index (χ3n) is 7.09. The first-order chi connectivity index (χ1) is 17.9. The largest absolute Gasteiger partial charge is 0.493 e. The normalized spacial score (nSPS) is 14.3. The summed E-state index contributed by atoms with van der Waals surface area (Å²) in [6.07, 6.45) is 4.53. The topological polar surface area (TPSA) is 119 Å². The fraction of sp³-hybridized carbons (Fsp3) is 0.333. The van der Waals surface area contributed by atoms with Crippen LogP contribution in [0.5, 0.6) is 5.75 Å². The van der Waals surface area contributed by atoms with Crippen molar-refractivity contribution < 1.29 is 19.4 Å². The number of fused-ring (bicyclic) bond motifs is 3. The van der Waals surface area contributed by atoms with Gasteiger partial charge in [-0.1, -0.05) is 18.2 Å². The molecule has 2 N–H and O–H groups in total. The number of ether oxygens (including phenoxy) is 1. The molecule has 192 valence electrons. The average molecular weight is 504 g/mol. The molecule has 0 bridgehead atoms. The van der Waals surface area contributed by atoms with Gasteiger partial charge in [0.25, 0.3) is 11.5 Å². The Kier molecular flexibility index (Phi) is 6.66. The number of likely N-dealkylation sites (tertiary alicyclic amines) is 1. The SMILES string of the molecule is COc1c(C(=O)NC2CCN(C(=O)CO)CC2)n(C)c2c1c(=O)n(Cc1ccncc1)c1ccccc21. The van der Waals surface area contributed by atoms with Crippen LogP contribution in [0.1, 0.15) is 28.9 Å². The molecule has 4 aromatic rings. The Bertz CT molecular complexity index is 1530. The number of para-hydroxylation sites is 1. The number of nitrogens with zero attached hydrogens (tertiary/aromatic N) is 4. The van der Waals surface area contributed by atoms with E-state index in [0.717, 1.165) is 16.5 Å². The van der Waals surface area contributed by atoms with E-state index in [-0.39, 0.29) is 34.9 Å². The fourth-order valence-electron chi connectivity index (χ4n) is 5.23. The molecule has 10 nitrogen and oxygen atoms in total. The molecule has 1 fully saturated rings. The van der Waals surface area contributed by atoms with Crippen molar-refractivity contribution in [2.45, 2.75) is 25.4 Å². The number of aryl methyl sites for hydroxylation is 1. The lowest BCUT2D eigenvalue weighted by atomic mass is 10.0. The minimum absolute atomic E-state index is 0.141. The predicted octanol–water partition coefficient (Wildman–Crippen LogP) is 1.66. The van der Waals surface area contributed by atoms with E-state index in [1.807, 2.05) is 36.4 Å². The molecule has 2 amide bonds.